The molecule has 0 unspecified atom stereocenters. The summed E-state index contributed by atoms with van der Waals surface area (Å²) in [4.78, 5) is 6.49. The molecule has 4 rings (SSSR count). The molecule has 0 saturated carbocycles. The van der Waals surface area contributed by atoms with E-state index < -0.39 is 0 Å². The number of methoxy groups -OCH3 is 1. The number of imidazole rings is 1. The Kier molecular flexibility index (Phi) is 3.41. The fraction of sp³-hybridized carbons (Fsp3) is 0.211. The highest BCUT2D eigenvalue weighted by Gasteiger charge is 2.25. The summed E-state index contributed by atoms with van der Waals surface area (Å²) >= 11 is 0. The molecule has 5 nitrogen and oxygen atoms in total. The smallest absolute Gasteiger partial charge is 0.231 e. The van der Waals surface area contributed by atoms with Crippen molar-refractivity contribution in [2.24, 2.45) is 0 Å². The van der Waals surface area contributed by atoms with E-state index in [1.807, 2.05) is 16.7 Å². The summed E-state index contributed by atoms with van der Waals surface area (Å²) in [5, 5.41) is 9.92. The molecule has 1 N–H and O–H groups in total. The number of rotatable bonds is 3. The van der Waals surface area contributed by atoms with Crippen molar-refractivity contribution in [1.29, 1.82) is 0 Å². The Morgan fingerprint density at radius 2 is 1.96 bits per heavy atom. The Bertz CT molecular complexity index is 884. The van der Waals surface area contributed by atoms with Crippen LogP contribution >= 0.6 is 0 Å². The van der Waals surface area contributed by atoms with Crippen molar-refractivity contribution < 1.29 is 9.84 Å². The van der Waals surface area contributed by atoms with Crippen molar-refractivity contribution >= 4 is 5.95 Å². The lowest BCUT2D eigenvalue weighted by Crippen LogP contribution is -2.29. The van der Waals surface area contributed by atoms with Gasteiger partial charge in [-0.3, -0.25) is 4.57 Å². The highest BCUT2D eigenvalue weighted by Crippen LogP contribution is 2.34. The summed E-state index contributed by atoms with van der Waals surface area (Å²) in [6.45, 7) is 3.56. The molecule has 0 aliphatic carbocycles. The molecule has 122 valence electrons. The highest BCUT2D eigenvalue weighted by atomic mass is 16.5. The fourth-order valence-corrected chi connectivity index (χ4v) is 3.29. The minimum Gasteiger partial charge on any atom is -0.497 e. The van der Waals surface area contributed by atoms with E-state index in [0.717, 1.165) is 23.9 Å². The van der Waals surface area contributed by atoms with Crippen LogP contribution in [0, 0.1) is 6.92 Å². The van der Waals surface area contributed by atoms with E-state index in [1.54, 1.807) is 13.3 Å². The summed E-state index contributed by atoms with van der Waals surface area (Å²) in [7, 11) is 1.67. The van der Waals surface area contributed by atoms with E-state index in [2.05, 4.69) is 47.1 Å². The van der Waals surface area contributed by atoms with Gasteiger partial charge in [-0.1, -0.05) is 30.3 Å². The molecule has 0 spiro atoms. The van der Waals surface area contributed by atoms with Crippen molar-refractivity contribution in [3.05, 3.63) is 65.4 Å². The maximum absolute atomic E-state index is 9.92. The second kappa shape index (κ2) is 5.60. The van der Waals surface area contributed by atoms with Crippen molar-refractivity contribution in [2.75, 3.05) is 12.0 Å². The van der Waals surface area contributed by atoms with Gasteiger partial charge in [0.2, 0.25) is 11.8 Å². The van der Waals surface area contributed by atoms with Crippen molar-refractivity contribution in [1.82, 2.24) is 9.55 Å². The van der Waals surface area contributed by atoms with Crippen LogP contribution in [0.4, 0.5) is 5.95 Å². The zero-order chi connectivity index (χ0) is 16.7. The third kappa shape index (κ3) is 2.38. The summed E-state index contributed by atoms with van der Waals surface area (Å²) in [6.07, 6.45) is 1.68. The van der Waals surface area contributed by atoms with E-state index in [0.29, 0.717) is 6.54 Å². The number of hydrogen-bond acceptors (Lipinski definition) is 4. The van der Waals surface area contributed by atoms with Crippen LogP contribution in [0.25, 0.3) is 5.69 Å². The van der Waals surface area contributed by atoms with Crippen LogP contribution in [0.2, 0.25) is 0 Å². The van der Waals surface area contributed by atoms with Gasteiger partial charge >= 0.3 is 0 Å². The lowest BCUT2D eigenvalue weighted by atomic mass is 10.1. The average Bonchev–Trinajstić information content (AvgIpc) is 2.97. The predicted octanol–water partition coefficient (Wildman–Crippen LogP) is 3.42. The number of hydrogen-bond donors (Lipinski definition) is 1. The number of para-hydroxylation sites is 1. The van der Waals surface area contributed by atoms with Crippen LogP contribution in [0.5, 0.6) is 11.6 Å². The van der Waals surface area contributed by atoms with Crippen molar-refractivity contribution in [2.45, 2.75) is 20.0 Å². The molecule has 3 aromatic rings. The molecule has 0 amide bonds. The standard InChI is InChI=1S/C19H19N3O2/c1-13-4-3-5-15-11-21(10-14-6-8-16(24-2)9-7-14)19-20-17(23)12-22(19)18(13)15/h3-9,12,23H,10-11H2,1-2H3. The van der Waals surface area contributed by atoms with Gasteiger partial charge in [0, 0.05) is 13.1 Å². The molecule has 1 aliphatic rings. The molecular formula is C19H19N3O2. The minimum absolute atomic E-state index is 0.0424. The van der Waals surface area contributed by atoms with Crippen LogP contribution < -0.4 is 9.64 Å². The van der Waals surface area contributed by atoms with Gasteiger partial charge in [-0.25, -0.2) is 0 Å². The van der Waals surface area contributed by atoms with Gasteiger partial charge in [-0.05, 0) is 35.7 Å². The van der Waals surface area contributed by atoms with Gasteiger partial charge in [0.25, 0.3) is 0 Å². The number of benzene rings is 2. The second-order valence-corrected chi connectivity index (χ2v) is 6.06. The van der Waals surface area contributed by atoms with Crippen LogP contribution in [0.1, 0.15) is 16.7 Å². The van der Waals surface area contributed by atoms with Gasteiger partial charge in [0.15, 0.2) is 0 Å². The predicted molar refractivity (Wildman–Crippen MR) is 92.8 cm³/mol. The van der Waals surface area contributed by atoms with Gasteiger partial charge in [-0.2, -0.15) is 4.98 Å². The molecule has 1 aliphatic heterocycles. The summed E-state index contributed by atoms with van der Waals surface area (Å²) < 4.78 is 7.19. The minimum atomic E-state index is 0.0424. The summed E-state index contributed by atoms with van der Waals surface area (Å²) in [5.41, 5.74) is 4.69. The van der Waals surface area contributed by atoms with Gasteiger partial charge < -0.3 is 14.7 Å². The molecule has 0 bridgehead atoms. The molecule has 0 atom stereocenters. The van der Waals surface area contributed by atoms with E-state index in [-0.39, 0.29) is 5.88 Å². The number of fused-ring (bicyclic) bond motifs is 3. The lowest BCUT2D eigenvalue weighted by molar-refractivity contribution is 0.414. The Labute approximate surface area is 140 Å². The Balaban J connectivity index is 1.72. The largest absolute Gasteiger partial charge is 0.497 e. The van der Waals surface area contributed by atoms with Crippen LogP contribution in [-0.4, -0.2) is 21.8 Å². The van der Waals surface area contributed by atoms with Gasteiger partial charge in [0.1, 0.15) is 5.75 Å². The monoisotopic (exact) mass is 321 g/mol. The molecule has 0 fully saturated rings. The van der Waals surface area contributed by atoms with E-state index in [1.165, 1.54) is 16.7 Å². The quantitative estimate of drug-likeness (QED) is 0.803. The van der Waals surface area contributed by atoms with Crippen molar-refractivity contribution in [3.8, 4) is 17.3 Å². The van der Waals surface area contributed by atoms with Crippen LogP contribution in [-0.2, 0) is 13.1 Å². The lowest BCUT2D eigenvalue weighted by Gasteiger charge is -2.31. The Morgan fingerprint density at radius 3 is 2.71 bits per heavy atom. The topological polar surface area (TPSA) is 50.5 Å². The molecule has 2 heterocycles. The molecule has 0 saturated heterocycles. The third-order valence-corrected chi connectivity index (χ3v) is 4.41. The van der Waals surface area contributed by atoms with E-state index in [4.69, 9.17) is 4.74 Å². The number of aryl methyl sites for hydroxylation is 1. The maximum Gasteiger partial charge on any atom is 0.231 e. The first kappa shape index (κ1) is 14.6. The molecule has 24 heavy (non-hydrogen) atoms. The van der Waals surface area contributed by atoms with E-state index >= 15 is 0 Å². The first-order chi connectivity index (χ1) is 11.7. The number of aromatic nitrogens is 2. The fourth-order valence-electron chi connectivity index (χ4n) is 3.29. The molecule has 0 radical (unpaired) electrons. The molecule has 2 aromatic carbocycles. The van der Waals surface area contributed by atoms with Crippen LogP contribution in [0.15, 0.2) is 48.7 Å². The Hall–Kier alpha value is -2.95. The van der Waals surface area contributed by atoms with Crippen molar-refractivity contribution in [3.63, 3.8) is 0 Å². The van der Waals surface area contributed by atoms with Gasteiger partial charge in [0.05, 0.1) is 19.0 Å². The molecular weight excluding hydrogens is 302 g/mol. The van der Waals surface area contributed by atoms with Gasteiger partial charge in [-0.15, -0.1) is 0 Å². The van der Waals surface area contributed by atoms with Crippen LogP contribution in [0.3, 0.4) is 0 Å². The summed E-state index contributed by atoms with van der Waals surface area (Å²) in [5.74, 6) is 1.66. The molecule has 1 aromatic heterocycles. The highest BCUT2D eigenvalue weighted by molar-refractivity contribution is 5.59. The number of aromatic hydroxyl groups is 1. The Morgan fingerprint density at radius 1 is 1.17 bits per heavy atom. The number of anilines is 1. The number of nitrogens with zero attached hydrogens (tertiary/aromatic N) is 3. The second-order valence-electron chi connectivity index (χ2n) is 6.06. The zero-order valence-corrected chi connectivity index (χ0v) is 13.7. The SMILES string of the molecule is COc1ccc(CN2Cc3cccc(C)c3-n3cc(O)nc32)cc1. The first-order valence-electron chi connectivity index (χ1n) is 7.91. The zero-order valence-electron chi connectivity index (χ0n) is 13.7. The normalized spacial score (nSPS) is 12.7. The van der Waals surface area contributed by atoms with E-state index in [9.17, 15) is 5.11 Å². The number of ether oxygens (including phenoxy) is 1. The first-order valence-corrected chi connectivity index (χ1v) is 7.91. The summed E-state index contributed by atoms with van der Waals surface area (Å²) in [6, 6.07) is 14.3. The molecule has 5 heteroatoms. The average molecular weight is 321 g/mol. The maximum atomic E-state index is 9.92. The third-order valence-electron chi connectivity index (χ3n) is 4.41.